The summed E-state index contributed by atoms with van der Waals surface area (Å²) in [5.74, 6) is -0.0848. The summed E-state index contributed by atoms with van der Waals surface area (Å²) in [7, 11) is 0. The molecule has 5 nitrogen and oxygen atoms in total. The number of rotatable bonds is 4. The van der Waals surface area contributed by atoms with E-state index in [0.717, 1.165) is 9.88 Å². The third-order valence-corrected chi connectivity index (χ3v) is 5.33. The summed E-state index contributed by atoms with van der Waals surface area (Å²) < 4.78 is 0. The standard InChI is InChI=1S/C15H23N3O2S/c1-6-11-12(19)17-15(5,7-2)14(20)18(11)10(4)13-16-8-9(3)21-13/h8,10-11H,6-7H2,1-5H3,(H,17,19). The molecule has 6 heteroatoms. The minimum atomic E-state index is -0.816. The van der Waals surface area contributed by atoms with Crippen LogP contribution in [0.25, 0.3) is 0 Å². The molecule has 3 unspecified atom stereocenters. The Morgan fingerprint density at radius 1 is 1.48 bits per heavy atom. The van der Waals surface area contributed by atoms with Crippen LogP contribution in [0, 0.1) is 6.92 Å². The fourth-order valence-electron chi connectivity index (χ4n) is 2.71. The number of hydrogen-bond acceptors (Lipinski definition) is 4. The quantitative estimate of drug-likeness (QED) is 0.929. The zero-order chi connectivity index (χ0) is 15.8. The molecule has 0 saturated carbocycles. The number of nitrogens with zero attached hydrogens (tertiary/aromatic N) is 2. The molecule has 1 aliphatic heterocycles. The van der Waals surface area contributed by atoms with Gasteiger partial charge in [0.15, 0.2) is 0 Å². The van der Waals surface area contributed by atoms with Crippen molar-refractivity contribution in [3.05, 3.63) is 16.1 Å². The number of carbonyl (C=O) groups excluding carboxylic acids is 2. The molecule has 0 bridgehead atoms. The summed E-state index contributed by atoms with van der Waals surface area (Å²) in [5, 5.41) is 3.77. The Labute approximate surface area is 129 Å². The van der Waals surface area contributed by atoms with Crippen molar-refractivity contribution in [1.29, 1.82) is 0 Å². The van der Waals surface area contributed by atoms with E-state index in [-0.39, 0.29) is 17.9 Å². The smallest absolute Gasteiger partial charge is 0.249 e. The maximum Gasteiger partial charge on any atom is 0.249 e. The van der Waals surface area contributed by atoms with Crippen LogP contribution in [0.4, 0.5) is 0 Å². The molecule has 1 aromatic rings. The van der Waals surface area contributed by atoms with E-state index in [1.54, 1.807) is 23.2 Å². The van der Waals surface area contributed by atoms with Gasteiger partial charge in [0.25, 0.3) is 0 Å². The molecule has 2 rings (SSSR count). The molecular weight excluding hydrogens is 286 g/mol. The third kappa shape index (κ3) is 2.69. The highest BCUT2D eigenvalue weighted by Crippen LogP contribution is 2.32. The van der Waals surface area contributed by atoms with Gasteiger partial charge in [-0.05, 0) is 33.6 Å². The normalized spacial score (nSPS) is 27.7. The van der Waals surface area contributed by atoms with Crippen molar-refractivity contribution in [2.75, 3.05) is 0 Å². The van der Waals surface area contributed by atoms with Crippen molar-refractivity contribution in [3.63, 3.8) is 0 Å². The van der Waals surface area contributed by atoms with Crippen LogP contribution in [0.2, 0.25) is 0 Å². The van der Waals surface area contributed by atoms with Crippen molar-refractivity contribution in [3.8, 4) is 0 Å². The van der Waals surface area contributed by atoms with Crippen LogP contribution in [0.5, 0.6) is 0 Å². The van der Waals surface area contributed by atoms with Gasteiger partial charge in [-0.2, -0.15) is 0 Å². The second kappa shape index (κ2) is 5.75. The number of thiazole rings is 1. The fourth-order valence-corrected chi connectivity index (χ4v) is 3.54. The van der Waals surface area contributed by atoms with Crippen LogP contribution >= 0.6 is 11.3 Å². The first-order valence-corrected chi connectivity index (χ1v) is 8.22. The molecule has 1 aliphatic rings. The van der Waals surface area contributed by atoms with E-state index in [1.807, 2.05) is 33.9 Å². The predicted octanol–water partition coefficient (Wildman–Crippen LogP) is 2.42. The highest BCUT2D eigenvalue weighted by molar-refractivity contribution is 7.11. The Bertz CT molecular complexity index is 557. The largest absolute Gasteiger partial charge is 0.340 e. The lowest BCUT2D eigenvalue weighted by atomic mass is 9.90. The van der Waals surface area contributed by atoms with Gasteiger partial charge in [0.2, 0.25) is 11.8 Å². The highest BCUT2D eigenvalue weighted by Gasteiger charge is 2.48. The van der Waals surface area contributed by atoms with Gasteiger partial charge in [0.05, 0.1) is 6.04 Å². The van der Waals surface area contributed by atoms with Crippen LogP contribution in [-0.4, -0.2) is 33.3 Å². The van der Waals surface area contributed by atoms with E-state index in [4.69, 9.17) is 0 Å². The second-order valence-electron chi connectivity index (χ2n) is 5.80. The van der Waals surface area contributed by atoms with Gasteiger partial charge >= 0.3 is 0 Å². The Morgan fingerprint density at radius 3 is 2.62 bits per heavy atom. The fraction of sp³-hybridized carbons (Fsp3) is 0.667. The monoisotopic (exact) mass is 309 g/mol. The van der Waals surface area contributed by atoms with E-state index in [1.165, 1.54) is 0 Å². The summed E-state index contributed by atoms with van der Waals surface area (Å²) >= 11 is 1.58. The minimum absolute atomic E-state index is 0.0168. The van der Waals surface area contributed by atoms with Crippen molar-refractivity contribution in [2.45, 2.75) is 65.1 Å². The van der Waals surface area contributed by atoms with Crippen LogP contribution < -0.4 is 5.32 Å². The number of piperazine rings is 1. The first-order valence-electron chi connectivity index (χ1n) is 7.41. The zero-order valence-corrected chi connectivity index (χ0v) is 14.1. The number of nitrogens with one attached hydrogen (secondary N) is 1. The SMILES string of the molecule is CCC1C(=O)NC(C)(CC)C(=O)N1C(C)c1ncc(C)s1. The molecule has 1 saturated heterocycles. The molecule has 21 heavy (non-hydrogen) atoms. The molecule has 2 heterocycles. The lowest BCUT2D eigenvalue weighted by Gasteiger charge is -2.46. The number of aryl methyl sites for hydroxylation is 1. The Kier molecular flexibility index (Phi) is 4.37. The van der Waals surface area contributed by atoms with Crippen molar-refractivity contribution < 1.29 is 9.59 Å². The van der Waals surface area contributed by atoms with Crippen LogP contribution in [0.3, 0.4) is 0 Å². The number of aromatic nitrogens is 1. The third-order valence-electron chi connectivity index (χ3n) is 4.25. The van der Waals surface area contributed by atoms with E-state index in [2.05, 4.69) is 10.3 Å². The van der Waals surface area contributed by atoms with E-state index in [9.17, 15) is 9.59 Å². The van der Waals surface area contributed by atoms with Crippen LogP contribution in [-0.2, 0) is 9.59 Å². The van der Waals surface area contributed by atoms with Gasteiger partial charge < -0.3 is 10.2 Å². The molecule has 0 radical (unpaired) electrons. The molecule has 2 amide bonds. The summed E-state index contributed by atoms with van der Waals surface area (Å²) in [4.78, 5) is 32.5. The highest BCUT2D eigenvalue weighted by atomic mass is 32.1. The molecular formula is C15H23N3O2S. The Balaban J connectivity index is 2.40. The zero-order valence-electron chi connectivity index (χ0n) is 13.3. The van der Waals surface area contributed by atoms with E-state index < -0.39 is 11.6 Å². The van der Waals surface area contributed by atoms with Crippen LogP contribution in [0.15, 0.2) is 6.20 Å². The number of amides is 2. The first-order chi connectivity index (χ1) is 9.84. The molecule has 1 fully saturated rings. The Hall–Kier alpha value is -1.43. The number of carbonyl (C=O) groups is 2. The topological polar surface area (TPSA) is 62.3 Å². The number of hydrogen-bond donors (Lipinski definition) is 1. The van der Waals surface area contributed by atoms with Gasteiger partial charge in [0, 0.05) is 11.1 Å². The van der Waals surface area contributed by atoms with Gasteiger partial charge in [-0.25, -0.2) is 4.98 Å². The predicted molar refractivity (Wildman–Crippen MR) is 83.0 cm³/mol. The van der Waals surface area contributed by atoms with Gasteiger partial charge in [0.1, 0.15) is 16.6 Å². The van der Waals surface area contributed by atoms with Crippen molar-refractivity contribution in [2.24, 2.45) is 0 Å². The molecule has 0 aromatic carbocycles. The molecule has 0 spiro atoms. The summed E-state index contributed by atoms with van der Waals surface area (Å²) in [6, 6.07) is -0.602. The average Bonchev–Trinajstić information content (AvgIpc) is 2.88. The summed E-state index contributed by atoms with van der Waals surface area (Å²) in [5.41, 5.74) is -0.816. The second-order valence-corrected chi connectivity index (χ2v) is 7.06. The summed E-state index contributed by atoms with van der Waals surface area (Å²) in [6.07, 6.45) is 2.99. The van der Waals surface area contributed by atoms with Gasteiger partial charge in [-0.1, -0.05) is 13.8 Å². The van der Waals surface area contributed by atoms with Crippen LogP contribution in [0.1, 0.15) is 56.5 Å². The Morgan fingerprint density at radius 2 is 2.14 bits per heavy atom. The van der Waals surface area contributed by atoms with Gasteiger partial charge in [-0.15, -0.1) is 11.3 Å². The maximum absolute atomic E-state index is 12.9. The average molecular weight is 309 g/mol. The lowest BCUT2D eigenvalue weighted by Crippen LogP contribution is -2.69. The van der Waals surface area contributed by atoms with E-state index >= 15 is 0 Å². The lowest BCUT2D eigenvalue weighted by molar-refractivity contribution is -0.157. The van der Waals surface area contributed by atoms with E-state index in [0.29, 0.717) is 12.8 Å². The van der Waals surface area contributed by atoms with Crippen molar-refractivity contribution >= 4 is 23.2 Å². The van der Waals surface area contributed by atoms with Crippen molar-refractivity contribution in [1.82, 2.24) is 15.2 Å². The minimum Gasteiger partial charge on any atom is -0.340 e. The molecule has 3 atom stereocenters. The molecule has 1 N–H and O–H groups in total. The summed E-state index contributed by atoms with van der Waals surface area (Å²) in [6.45, 7) is 9.59. The van der Waals surface area contributed by atoms with Gasteiger partial charge in [-0.3, -0.25) is 9.59 Å². The first kappa shape index (κ1) is 15.9. The molecule has 1 aromatic heterocycles. The molecule has 0 aliphatic carbocycles. The molecule has 116 valence electrons. The maximum atomic E-state index is 12.9.